The molecule has 1 fully saturated rings. The molecule has 3 unspecified atom stereocenters. The van der Waals surface area contributed by atoms with Crippen molar-refractivity contribution in [2.75, 3.05) is 0 Å². The van der Waals surface area contributed by atoms with E-state index in [1.807, 2.05) is 6.07 Å². The average molecular weight is 237 g/mol. The molecule has 1 aromatic rings. The Hall–Kier alpha value is -0.800. The van der Waals surface area contributed by atoms with E-state index in [0.29, 0.717) is 19.3 Å². The number of nitrogens with two attached hydrogens (primary N) is 1. The second-order valence-corrected chi connectivity index (χ2v) is 5.27. The van der Waals surface area contributed by atoms with Gasteiger partial charge in [-0.2, -0.15) is 0 Å². The molecule has 3 heteroatoms. The van der Waals surface area contributed by atoms with E-state index < -0.39 is 0 Å². The van der Waals surface area contributed by atoms with Crippen molar-refractivity contribution in [1.82, 2.24) is 0 Å². The van der Waals surface area contributed by atoms with E-state index >= 15 is 0 Å². The number of hydrogen-bond donors (Lipinski definition) is 1. The first-order valence-corrected chi connectivity index (χ1v) is 6.57. The van der Waals surface area contributed by atoms with Crippen LogP contribution in [0.4, 0.5) is 0 Å². The van der Waals surface area contributed by atoms with Gasteiger partial charge in [-0.3, -0.25) is 0 Å². The molecule has 17 heavy (non-hydrogen) atoms. The van der Waals surface area contributed by atoms with Gasteiger partial charge in [0.2, 0.25) is 0 Å². The zero-order valence-electron chi connectivity index (χ0n) is 10.8. The van der Waals surface area contributed by atoms with E-state index in [-0.39, 0.29) is 0 Å². The third-order valence-electron chi connectivity index (χ3n) is 4.05. The van der Waals surface area contributed by atoms with Gasteiger partial charge in [0, 0.05) is 5.56 Å². The molecular weight excluding hydrogens is 214 g/mol. The summed E-state index contributed by atoms with van der Waals surface area (Å²) in [6, 6.07) is 1.96. The normalized spacial score (nSPS) is 29.5. The van der Waals surface area contributed by atoms with Crippen LogP contribution in [0.25, 0.3) is 0 Å². The molecule has 0 spiro atoms. The molecule has 1 aliphatic rings. The van der Waals surface area contributed by atoms with E-state index in [1.54, 1.807) is 6.26 Å². The molecule has 2 N–H and O–H groups in total. The van der Waals surface area contributed by atoms with Crippen LogP contribution in [0.1, 0.15) is 44.4 Å². The molecule has 0 saturated heterocycles. The smallest absolute Gasteiger partial charge is 0.122 e. The lowest BCUT2D eigenvalue weighted by Gasteiger charge is -2.31. The van der Waals surface area contributed by atoms with Gasteiger partial charge in [-0.15, -0.1) is 0 Å². The maximum Gasteiger partial charge on any atom is 0.122 e. The molecule has 0 amide bonds. The third kappa shape index (κ3) is 3.11. The predicted octanol–water partition coefficient (Wildman–Crippen LogP) is 3.08. The lowest BCUT2D eigenvalue weighted by atomic mass is 9.80. The van der Waals surface area contributed by atoms with Crippen LogP contribution < -0.4 is 5.73 Å². The van der Waals surface area contributed by atoms with Gasteiger partial charge in [0.05, 0.1) is 25.5 Å². The minimum absolute atomic E-state index is 0.404. The van der Waals surface area contributed by atoms with Crippen LogP contribution in [0.5, 0.6) is 0 Å². The fourth-order valence-corrected chi connectivity index (χ4v) is 2.53. The highest BCUT2D eigenvalue weighted by atomic mass is 16.5. The van der Waals surface area contributed by atoms with E-state index in [2.05, 4.69) is 13.8 Å². The molecule has 1 aromatic heterocycles. The van der Waals surface area contributed by atoms with Crippen molar-refractivity contribution in [2.24, 2.45) is 17.6 Å². The number of rotatable bonds is 4. The first-order chi connectivity index (χ1) is 8.20. The molecule has 2 rings (SSSR count). The standard InChI is InChI=1S/C14H23NO2/c1-10-3-4-13(7-11(10)2)17-9-12-5-6-16-14(12)8-15/h5-6,10-11,13H,3-4,7-9,15H2,1-2H3. The Morgan fingerprint density at radius 3 is 2.88 bits per heavy atom. The van der Waals surface area contributed by atoms with Gasteiger partial charge >= 0.3 is 0 Å². The van der Waals surface area contributed by atoms with Crippen LogP contribution in [0, 0.1) is 11.8 Å². The van der Waals surface area contributed by atoms with Crippen molar-refractivity contribution in [1.29, 1.82) is 0 Å². The number of furan rings is 1. The summed E-state index contributed by atoms with van der Waals surface area (Å²) in [6.07, 6.45) is 5.73. The molecular formula is C14H23NO2. The van der Waals surface area contributed by atoms with Crippen molar-refractivity contribution in [3.8, 4) is 0 Å². The summed E-state index contributed by atoms with van der Waals surface area (Å²) >= 11 is 0. The molecule has 96 valence electrons. The van der Waals surface area contributed by atoms with Gasteiger partial charge in [-0.05, 0) is 37.2 Å². The maximum absolute atomic E-state index is 5.97. The molecule has 1 heterocycles. The first-order valence-electron chi connectivity index (χ1n) is 6.57. The second kappa shape index (κ2) is 5.69. The summed E-state index contributed by atoms with van der Waals surface area (Å²) in [5.41, 5.74) is 6.69. The third-order valence-corrected chi connectivity index (χ3v) is 4.05. The highest BCUT2D eigenvalue weighted by molar-refractivity contribution is 5.15. The summed E-state index contributed by atoms with van der Waals surface area (Å²) in [4.78, 5) is 0. The van der Waals surface area contributed by atoms with E-state index in [1.165, 1.54) is 19.3 Å². The van der Waals surface area contributed by atoms with Crippen molar-refractivity contribution in [3.05, 3.63) is 23.7 Å². The lowest BCUT2D eigenvalue weighted by Crippen LogP contribution is -2.26. The van der Waals surface area contributed by atoms with E-state index in [4.69, 9.17) is 14.9 Å². The highest BCUT2D eigenvalue weighted by Crippen LogP contribution is 2.31. The van der Waals surface area contributed by atoms with Gasteiger partial charge < -0.3 is 14.9 Å². The van der Waals surface area contributed by atoms with Crippen LogP contribution in [-0.4, -0.2) is 6.10 Å². The van der Waals surface area contributed by atoms with Gasteiger partial charge in [0.1, 0.15) is 5.76 Å². The topological polar surface area (TPSA) is 48.4 Å². The van der Waals surface area contributed by atoms with Crippen LogP contribution >= 0.6 is 0 Å². The quantitative estimate of drug-likeness (QED) is 0.875. The number of ether oxygens (including phenoxy) is 1. The largest absolute Gasteiger partial charge is 0.468 e. The minimum Gasteiger partial charge on any atom is -0.468 e. The summed E-state index contributed by atoms with van der Waals surface area (Å²) in [5.74, 6) is 2.46. The molecule has 0 radical (unpaired) electrons. The summed E-state index contributed by atoms with van der Waals surface area (Å²) in [6.45, 7) is 5.74. The Kier molecular flexibility index (Phi) is 4.24. The molecule has 1 aliphatic carbocycles. The van der Waals surface area contributed by atoms with E-state index in [9.17, 15) is 0 Å². The van der Waals surface area contributed by atoms with Gasteiger partial charge in [-0.1, -0.05) is 13.8 Å². The van der Waals surface area contributed by atoms with E-state index in [0.717, 1.165) is 23.2 Å². The first kappa shape index (κ1) is 12.7. The van der Waals surface area contributed by atoms with Crippen LogP contribution in [0.3, 0.4) is 0 Å². The van der Waals surface area contributed by atoms with Crippen molar-refractivity contribution >= 4 is 0 Å². The maximum atomic E-state index is 5.97. The summed E-state index contributed by atoms with van der Waals surface area (Å²) < 4.78 is 11.3. The molecule has 3 nitrogen and oxygen atoms in total. The van der Waals surface area contributed by atoms with Gasteiger partial charge in [-0.25, -0.2) is 0 Å². The molecule has 0 bridgehead atoms. The molecule has 1 saturated carbocycles. The minimum atomic E-state index is 0.404. The van der Waals surface area contributed by atoms with Crippen LogP contribution in [-0.2, 0) is 17.9 Å². The predicted molar refractivity (Wildman–Crippen MR) is 67.4 cm³/mol. The summed E-state index contributed by atoms with van der Waals surface area (Å²) in [7, 11) is 0. The Morgan fingerprint density at radius 2 is 2.18 bits per heavy atom. The Balaban J connectivity index is 1.82. The fourth-order valence-electron chi connectivity index (χ4n) is 2.53. The molecule has 3 atom stereocenters. The van der Waals surface area contributed by atoms with Gasteiger partial charge in [0.15, 0.2) is 0 Å². The van der Waals surface area contributed by atoms with Crippen molar-refractivity contribution in [3.63, 3.8) is 0 Å². The molecule has 0 aromatic carbocycles. The van der Waals surface area contributed by atoms with Gasteiger partial charge in [0.25, 0.3) is 0 Å². The van der Waals surface area contributed by atoms with Crippen LogP contribution in [0.2, 0.25) is 0 Å². The zero-order valence-corrected chi connectivity index (χ0v) is 10.8. The zero-order chi connectivity index (χ0) is 12.3. The Bertz CT molecular complexity index is 348. The van der Waals surface area contributed by atoms with Crippen molar-refractivity contribution < 1.29 is 9.15 Å². The Morgan fingerprint density at radius 1 is 1.35 bits per heavy atom. The van der Waals surface area contributed by atoms with Crippen molar-refractivity contribution in [2.45, 2.75) is 52.4 Å². The van der Waals surface area contributed by atoms with Crippen LogP contribution in [0.15, 0.2) is 16.7 Å². The highest BCUT2D eigenvalue weighted by Gasteiger charge is 2.25. The Labute approximate surface area is 103 Å². The average Bonchev–Trinajstić information content (AvgIpc) is 2.78. The molecule has 0 aliphatic heterocycles. The second-order valence-electron chi connectivity index (χ2n) is 5.27. The lowest BCUT2D eigenvalue weighted by molar-refractivity contribution is -0.00793. The fraction of sp³-hybridized carbons (Fsp3) is 0.714. The SMILES string of the molecule is CC1CCC(OCc2ccoc2CN)CC1C. The summed E-state index contributed by atoms with van der Waals surface area (Å²) in [5, 5.41) is 0. The number of hydrogen-bond acceptors (Lipinski definition) is 3. The monoisotopic (exact) mass is 237 g/mol.